The first-order valence-corrected chi connectivity index (χ1v) is 6.24. The summed E-state index contributed by atoms with van der Waals surface area (Å²) in [5, 5.41) is 11.8. The highest BCUT2D eigenvalue weighted by Gasteiger charge is 2.28. The van der Waals surface area contributed by atoms with Crippen molar-refractivity contribution in [3.8, 4) is 0 Å². The highest BCUT2D eigenvalue weighted by Crippen LogP contribution is 2.22. The van der Waals surface area contributed by atoms with Gasteiger partial charge in [0.05, 0.1) is 24.2 Å². The molecule has 1 aromatic rings. The van der Waals surface area contributed by atoms with Gasteiger partial charge in [-0.1, -0.05) is 6.07 Å². The molecule has 2 rings (SSSR count). The number of hydrogen-bond acceptors (Lipinski definition) is 3. The van der Waals surface area contributed by atoms with Gasteiger partial charge in [-0.25, -0.2) is 4.79 Å². The lowest BCUT2D eigenvalue weighted by atomic mass is 10.0. The minimum absolute atomic E-state index is 0.100. The van der Waals surface area contributed by atoms with Crippen molar-refractivity contribution in [3.63, 3.8) is 0 Å². The molecule has 2 N–H and O–H groups in total. The molecule has 0 radical (unpaired) electrons. The molecule has 2 unspecified atom stereocenters. The van der Waals surface area contributed by atoms with E-state index in [-0.39, 0.29) is 23.5 Å². The van der Waals surface area contributed by atoms with Gasteiger partial charge in [-0.2, -0.15) is 0 Å². The van der Waals surface area contributed by atoms with Crippen molar-refractivity contribution in [1.82, 2.24) is 0 Å². The maximum atomic E-state index is 12.0. The lowest BCUT2D eigenvalue weighted by Crippen LogP contribution is -2.23. The summed E-state index contributed by atoms with van der Waals surface area (Å²) in [5.74, 6) is -1.28. The molecule has 0 bridgehead atoms. The molecule has 19 heavy (non-hydrogen) atoms. The van der Waals surface area contributed by atoms with Gasteiger partial charge in [0.1, 0.15) is 0 Å². The van der Waals surface area contributed by atoms with Crippen LogP contribution in [0.5, 0.6) is 0 Å². The van der Waals surface area contributed by atoms with Crippen LogP contribution in [0.15, 0.2) is 18.2 Å². The number of benzene rings is 1. The van der Waals surface area contributed by atoms with Gasteiger partial charge >= 0.3 is 5.97 Å². The number of carboxylic acids is 1. The molecule has 1 amide bonds. The van der Waals surface area contributed by atoms with Crippen LogP contribution >= 0.6 is 0 Å². The van der Waals surface area contributed by atoms with Gasteiger partial charge < -0.3 is 15.2 Å². The zero-order valence-corrected chi connectivity index (χ0v) is 11.0. The quantitative estimate of drug-likeness (QED) is 0.875. The number of hydrogen-bond donors (Lipinski definition) is 2. The van der Waals surface area contributed by atoms with Crippen LogP contribution in [0.3, 0.4) is 0 Å². The van der Waals surface area contributed by atoms with Gasteiger partial charge in [0.2, 0.25) is 5.91 Å². The van der Waals surface area contributed by atoms with Gasteiger partial charge in [-0.15, -0.1) is 0 Å². The number of carbonyl (C=O) groups is 2. The van der Waals surface area contributed by atoms with E-state index in [1.807, 2.05) is 6.92 Å². The first-order chi connectivity index (χ1) is 8.97. The Balaban J connectivity index is 2.09. The molecule has 5 nitrogen and oxygen atoms in total. The molecule has 0 spiro atoms. The van der Waals surface area contributed by atoms with Crippen molar-refractivity contribution >= 4 is 17.6 Å². The molecular weight excluding hydrogens is 246 g/mol. The average Bonchev–Trinajstić information content (AvgIpc) is 2.78. The van der Waals surface area contributed by atoms with Crippen molar-refractivity contribution < 1.29 is 19.4 Å². The van der Waals surface area contributed by atoms with E-state index in [2.05, 4.69) is 5.32 Å². The Morgan fingerprint density at radius 2 is 2.16 bits per heavy atom. The fourth-order valence-corrected chi connectivity index (χ4v) is 2.17. The first-order valence-electron chi connectivity index (χ1n) is 6.24. The van der Waals surface area contributed by atoms with Crippen LogP contribution in [-0.2, 0) is 9.53 Å². The first kappa shape index (κ1) is 13.5. The van der Waals surface area contributed by atoms with Crippen molar-refractivity contribution in [2.24, 2.45) is 5.92 Å². The molecule has 102 valence electrons. The van der Waals surface area contributed by atoms with Gasteiger partial charge in [-0.3, -0.25) is 4.79 Å². The topological polar surface area (TPSA) is 75.6 Å². The molecular formula is C14H17NO4. The third kappa shape index (κ3) is 3.12. The number of aryl methyl sites for hydroxylation is 1. The third-order valence-corrected chi connectivity index (χ3v) is 3.30. The normalized spacial score (nSPS) is 22.2. The molecule has 0 aliphatic carbocycles. The maximum Gasteiger partial charge on any atom is 0.336 e. The van der Waals surface area contributed by atoms with Crippen molar-refractivity contribution in [2.45, 2.75) is 26.4 Å². The lowest BCUT2D eigenvalue weighted by Gasteiger charge is -2.11. The predicted octanol–water partition coefficient (Wildman–Crippen LogP) is 2.06. The van der Waals surface area contributed by atoms with Crippen LogP contribution < -0.4 is 5.32 Å². The van der Waals surface area contributed by atoms with Gasteiger partial charge in [0.15, 0.2) is 0 Å². The molecule has 1 aliphatic heterocycles. The van der Waals surface area contributed by atoms with E-state index in [9.17, 15) is 9.59 Å². The zero-order valence-electron chi connectivity index (χ0n) is 11.0. The Morgan fingerprint density at radius 1 is 1.42 bits per heavy atom. The van der Waals surface area contributed by atoms with Crippen molar-refractivity contribution in [1.29, 1.82) is 0 Å². The monoisotopic (exact) mass is 263 g/mol. The molecule has 1 fully saturated rings. The summed E-state index contributed by atoms with van der Waals surface area (Å²) in [5.41, 5.74) is 1.38. The summed E-state index contributed by atoms with van der Waals surface area (Å²) < 4.78 is 5.35. The lowest BCUT2D eigenvalue weighted by molar-refractivity contribution is -0.119. The van der Waals surface area contributed by atoms with Crippen LogP contribution in [0, 0.1) is 12.8 Å². The van der Waals surface area contributed by atoms with E-state index in [0.717, 1.165) is 0 Å². The summed E-state index contributed by atoms with van der Waals surface area (Å²) in [6, 6.07) is 4.88. The van der Waals surface area contributed by atoms with E-state index in [1.54, 1.807) is 19.1 Å². The number of nitrogens with one attached hydrogen (secondary N) is 1. The summed E-state index contributed by atoms with van der Waals surface area (Å²) in [6.45, 7) is 4.08. The highest BCUT2D eigenvalue weighted by molar-refractivity contribution is 5.95. The summed E-state index contributed by atoms with van der Waals surface area (Å²) in [7, 11) is 0. The minimum atomic E-state index is -0.994. The highest BCUT2D eigenvalue weighted by atomic mass is 16.5. The molecule has 0 aromatic heterocycles. The van der Waals surface area contributed by atoms with Gasteiger partial charge in [0, 0.05) is 5.69 Å². The maximum absolute atomic E-state index is 12.0. The number of rotatable bonds is 3. The second-order valence-corrected chi connectivity index (χ2v) is 4.90. The number of carbonyl (C=O) groups excluding carboxylic acids is 1. The molecule has 1 saturated heterocycles. The van der Waals surface area contributed by atoms with Crippen LogP contribution in [0.25, 0.3) is 0 Å². The van der Waals surface area contributed by atoms with Crippen LogP contribution in [0.4, 0.5) is 5.69 Å². The van der Waals surface area contributed by atoms with E-state index in [4.69, 9.17) is 9.84 Å². The predicted molar refractivity (Wildman–Crippen MR) is 70.3 cm³/mol. The molecule has 2 atom stereocenters. The Hall–Kier alpha value is -1.88. The second-order valence-electron chi connectivity index (χ2n) is 4.90. The molecule has 5 heteroatoms. The average molecular weight is 263 g/mol. The van der Waals surface area contributed by atoms with Crippen LogP contribution in [0.1, 0.15) is 29.3 Å². The van der Waals surface area contributed by atoms with Crippen LogP contribution in [0.2, 0.25) is 0 Å². The molecule has 1 aliphatic rings. The standard InChI is InChI=1S/C14H17NO4/c1-8-3-4-11(6-12(8)14(17)18)15-13(16)10-5-9(2)19-7-10/h3-4,6,9-10H,5,7H2,1-2H3,(H,15,16)(H,17,18). The largest absolute Gasteiger partial charge is 0.478 e. The van der Waals surface area contributed by atoms with Crippen LogP contribution in [-0.4, -0.2) is 29.7 Å². The fourth-order valence-electron chi connectivity index (χ4n) is 2.17. The van der Waals surface area contributed by atoms with E-state index in [0.29, 0.717) is 24.3 Å². The van der Waals surface area contributed by atoms with E-state index >= 15 is 0 Å². The molecule has 0 saturated carbocycles. The van der Waals surface area contributed by atoms with Gasteiger partial charge in [-0.05, 0) is 38.0 Å². The van der Waals surface area contributed by atoms with Gasteiger partial charge in [0.25, 0.3) is 0 Å². The smallest absolute Gasteiger partial charge is 0.336 e. The number of carboxylic acid groups (broad SMARTS) is 1. The minimum Gasteiger partial charge on any atom is -0.478 e. The number of amides is 1. The number of anilines is 1. The summed E-state index contributed by atoms with van der Waals surface area (Å²) in [4.78, 5) is 23.0. The van der Waals surface area contributed by atoms with E-state index < -0.39 is 5.97 Å². The number of ether oxygens (including phenoxy) is 1. The van der Waals surface area contributed by atoms with E-state index in [1.165, 1.54) is 6.07 Å². The summed E-state index contributed by atoms with van der Waals surface area (Å²) >= 11 is 0. The Kier molecular flexibility index (Phi) is 3.85. The van der Waals surface area contributed by atoms with Crippen molar-refractivity contribution in [2.75, 3.05) is 11.9 Å². The van der Waals surface area contributed by atoms with Crippen molar-refractivity contribution in [3.05, 3.63) is 29.3 Å². The molecule has 1 heterocycles. The summed E-state index contributed by atoms with van der Waals surface area (Å²) in [6.07, 6.45) is 0.798. The Labute approximate surface area is 111 Å². The zero-order chi connectivity index (χ0) is 14.0. The molecule has 1 aromatic carbocycles. The Bertz CT molecular complexity index is 512. The second kappa shape index (κ2) is 5.40. The third-order valence-electron chi connectivity index (χ3n) is 3.30. The SMILES string of the molecule is Cc1ccc(NC(=O)C2COC(C)C2)cc1C(=O)O. The fraction of sp³-hybridized carbons (Fsp3) is 0.429. The Morgan fingerprint density at radius 3 is 2.74 bits per heavy atom. The number of aromatic carboxylic acids is 1.